The first-order valence-corrected chi connectivity index (χ1v) is 6.72. The lowest BCUT2D eigenvalue weighted by Crippen LogP contribution is -2.34. The summed E-state index contributed by atoms with van der Waals surface area (Å²) in [6.07, 6.45) is 3.79. The maximum absolute atomic E-state index is 12.4. The Morgan fingerprint density at radius 3 is 2.62 bits per heavy atom. The predicted octanol–water partition coefficient (Wildman–Crippen LogP) is 1.45. The Hall–Kier alpha value is -2.63. The third-order valence-corrected chi connectivity index (χ3v) is 3.02. The van der Waals surface area contributed by atoms with Gasteiger partial charge in [-0.05, 0) is 18.1 Å². The van der Waals surface area contributed by atoms with Gasteiger partial charge in [0.25, 0.3) is 0 Å². The van der Waals surface area contributed by atoms with Gasteiger partial charge in [0.15, 0.2) is 6.04 Å². The lowest BCUT2D eigenvalue weighted by atomic mass is 10.1. The highest BCUT2D eigenvalue weighted by atomic mass is 16.4. The SMILES string of the molecule is O=C(O)CCCNC(=O)C(c1ccccc1)n1cccn1. The number of hydrogen-bond donors (Lipinski definition) is 2. The molecule has 0 aliphatic carbocycles. The van der Waals surface area contributed by atoms with E-state index < -0.39 is 12.0 Å². The first-order chi connectivity index (χ1) is 10.2. The highest BCUT2D eigenvalue weighted by Crippen LogP contribution is 2.17. The topological polar surface area (TPSA) is 84.2 Å². The second-order valence-corrected chi connectivity index (χ2v) is 4.59. The molecular weight excluding hydrogens is 270 g/mol. The summed E-state index contributed by atoms with van der Waals surface area (Å²) >= 11 is 0. The number of aliphatic carboxylic acids is 1. The first kappa shape index (κ1) is 14.8. The molecule has 2 aromatic rings. The molecule has 110 valence electrons. The molecule has 0 spiro atoms. The molecule has 1 atom stereocenters. The monoisotopic (exact) mass is 287 g/mol. The van der Waals surface area contributed by atoms with Crippen LogP contribution in [0.4, 0.5) is 0 Å². The maximum atomic E-state index is 12.4. The van der Waals surface area contributed by atoms with E-state index in [0.717, 1.165) is 5.56 Å². The van der Waals surface area contributed by atoms with Crippen molar-refractivity contribution in [2.24, 2.45) is 0 Å². The van der Waals surface area contributed by atoms with Crippen LogP contribution in [0, 0.1) is 0 Å². The van der Waals surface area contributed by atoms with Gasteiger partial charge in [-0.1, -0.05) is 30.3 Å². The summed E-state index contributed by atoms with van der Waals surface area (Å²) in [7, 11) is 0. The number of hydrogen-bond acceptors (Lipinski definition) is 3. The lowest BCUT2D eigenvalue weighted by Gasteiger charge is -2.17. The van der Waals surface area contributed by atoms with Crippen molar-refractivity contribution in [3.63, 3.8) is 0 Å². The van der Waals surface area contributed by atoms with Crippen LogP contribution in [0.5, 0.6) is 0 Å². The predicted molar refractivity (Wildman–Crippen MR) is 76.7 cm³/mol. The number of rotatable bonds is 7. The molecule has 0 aliphatic rings. The highest BCUT2D eigenvalue weighted by molar-refractivity contribution is 5.83. The average Bonchev–Trinajstić information content (AvgIpc) is 2.99. The van der Waals surface area contributed by atoms with Gasteiger partial charge in [0.05, 0.1) is 0 Å². The summed E-state index contributed by atoms with van der Waals surface area (Å²) in [6.45, 7) is 0.329. The van der Waals surface area contributed by atoms with Gasteiger partial charge in [-0.15, -0.1) is 0 Å². The number of carbonyl (C=O) groups is 2. The molecule has 0 aliphatic heterocycles. The van der Waals surface area contributed by atoms with Crippen molar-refractivity contribution in [2.45, 2.75) is 18.9 Å². The second-order valence-electron chi connectivity index (χ2n) is 4.59. The van der Waals surface area contributed by atoms with Crippen LogP contribution in [0.25, 0.3) is 0 Å². The van der Waals surface area contributed by atoms with Crippen LogP contribution in [0.3, 0.4) is 0 Å². The average molecular weight is 287 g/mol. The van der Waals surface area contributed by atoms with Gasteiger partial charge in [0, 0.05) is 25.4 Å². The molecule has 0 radical (unpaired) electrons. The number of carboxylic acid groups (broad SMARTS) is 1. The van der Waals surface area contributed by atoms with Crippen molar-refractivity contribution >= 4 is 11.9 Å². The van der Waals surface area contributed by atoms with E-state index in [1.165, 1.54) is 0 Å². The zero-order valence-corrected chi connectivity index (χ0v) is 11.5. The highest BCUT2D eigenvalue weighted by Gasteiger charge is 2.22. The van der Waals surface area contributed by atoms with Gasteiger partial charge < -0.3 is 10.4 Å². The summed E-state index contributed by atoms with van der Waals surface area (Å²) in [6, 6.07) is 10.5. The Bertz CT molecular complexity index is 581. The van der Waals surface area contributed by atoms with E-state index in [9.17, 15) is 9.59 Å². The van der Waals surface area contributed by atoms with Gasteiger partial charge in [-0.25, -0.2) is 0 Å². The fraction of sp³-hybridized carbons (Fsp3) is 0.267. The van der Waals surface area contributed by atoms with Crippen LogP contribution in [0.1, 0.15) is 24.4 Å². The molecule has 6 heteroatoms. The molecule has 0 saturated carbocycles. The van der Waals surface area contributed by atoms with E-state index in [4.69, 9.17) is 5.11 Å². The van der Waals surface area contributed by atoms with E-state index in [1.807, 2.05) is 30.3 Å². The molecule has 1 aromatic carbocycles. The van der Waals surface area contributed by atoms with Crippen molar-refractivity contribution in [1.29, 1.82) is 0 Å². The van der Waals surface area contributed by atoms with Crippen LogP contribution in [-0.2, 0) is 9.59 Å². The fourth-order valence-electron chi connectivity index (χ4n) is 2.04. The summed E-state index contributed by atoms with van der Waals surface area (Å²) < 4.78 is 1.59. The van der Waals surface area contributed by atoms with E-state index in [0.29, 0.717) is 13.0 Å². The van der Waals surface area contributed by atoms with E-state index >= 15 is 0 Å². The van der Waals surface area contributed by atoms with Crippen molar-refractivity contribution in [1.82, 2.24) is 15.1 Å². The molecule has 1 unspecified atom stereocenters. The first-order valence-electron chi connectivity index (χ1n) is 6.72. The molecule has 0 fully saturated rings. The quantitative estimate of drug-likeness (QED) is 0.755. The molecule has 2 rings (SSSR count). The molecule has 6 nitrogen and oxygen atoms in total. The third kappa shape index (κ3) is 4.17. The number of nitrogens with zero attached hydrogens (tertiary/aromatic N) is 2. The van der Waals surface area contributed by atoms with Gasteiger partial charge in [-0.2, -0.15) is 5.10 Å². The lowest BCUT2D eigenvalue weighted by molar-refractivity contribution is -0.137. The largest absolute Gasteiger partial charge is 0.481 e. The molecule has 1 heterocycles. The van der Waals surface area contributed by atoms with Crippen molar-refractivity contribution in [3.8, 4) is 0 Å². The van der Waals surface area contributed by atoms with Crippen molar-refractivity contribution in [2.75, 3.05) is 6.54 Å². The van der Waals surface area contributed by atoms with Gasteiger partial charge in [0.2, 0.25) is 5.91 Å². The standard InChI is InChI=1S/C15H17N3O3/c19-13(20)8-4-9-16-15(21)14(18-11-5-10-17-18)12-6-2-1-3-7-12/h1-3,5-7,10-11,14H,4,8-9H2,(H,16,21)(H,19,20). The van der Waals surface area contributed by atoms with Gasteiger partial charge in [0.1, 0.15) is 0 Å². The minimum Gasteiger partial charge on any atom is -0.481 e. The molecule has 1 amide bonds. The minimum atomic E-state index is -0.865. The Morgan fingerprint density at radius 1 is 1.24 bits per heavy atom. The van der Waals surface area contributed by atoms with E-state index in [1.54, 1.807) is 23.1 Å². The zero-order valence-electron chi connectivity index (χ0n) is 11.5. The van der Waals surface area contributed by atoms with Crippen LogP contribution in [-0.4, -0.2) is 33.3 Å². The zero-order chi connectivity index (χ0) is 15.1. The van der Waals surface area contributed by atoms with Crippen molar-refractivity contribution in [3.05, 3.63) is 54.4 Å². The molecule has 2 N–H and O–H groups in total. The van der Waals surface area contributed by atoms with Crippen LogP contribution < -0.4 is 5.32 Å². The number of benzene rings is 1. The normalized spacial score (nSPS) is 11.8. The second kappa shape index (κ2) is 7.23. The minimum absolute atomic E-state index is 0.0397. The number of carbonyl (C=O) groups excluding carboxylic acids is 1. The van der Waals surface area contributed by atoms with Crippen LogP contribution in [0.15, 0.2) is 48.8 Å². The number of carboxylic acids is 1. The number of amides is 1. The molecular formula is C15H17N3O3. The Labute approximate surface area is 122 Å². The third-order valence-electron chi connectivity index (χ3n) is 3.02. The summed E-state index contributed by atoms with van der Waals surface area (Å²) in [5, 5.41) is 15.5. The summed E-state index contributed by atoms with van der Waals surface area (Å²) in [5.41, 5.74) is 0.830. The van der Waals surface area contributed by atoms with E-state index in [2.05, 4.69) is 10.4 Å². The molecule has 21 heavy (non-hydrogen) atoms. The van der Waals surface area contributed by atoms with Crippen LogP contribution >= 0.6 is 0 Å². The summed E-state index contributed by atoms with van der Waals surface area (Å²) in [4.78, 5) is 22.8. The van der Waals surface area contributed by atoms with E-state index in [-0.39, 0.29) is 12.3 Å². The van der Waals surface area contributed by atoms with Crippen LogP contribution in [0.2, 0.25) is 0 Å². The maximum Gasteiger partial charge on any atom is 0.303 e. The molecule has 0 saturated heterocycles. The smallest absolute Gasteiger partial charge is 0.303 e. The Kier molecular flexibility index (Phi) is 5.09. The van der Waals surface area contributed by atoms with Gasteiger partial charge in [-0.3, -0.25) is 14.3 Å². The van der Waals surface area contributed by atoms with Gasteiger partial charge >= 0.3 is 5.97 Å². The van der Waals surface area contributed by atoms with Crippen molar-refractivity contribution < 1.29 is 14.7 Å². The summed E-state index contributed by atoms with van der Waals surface area (Å²) in [5.74, 6) is -1.06. The Balaban J connectivity index is 2.06. The Morgan fingerprint density at radius 2 is 2.00 bits per heavy atom. The molecule has 1 aromatic heterocycles. The number of nitrogens with one attached hydrogen (secondary N) is 1. The fourth-order valence-corrected chi connectivity index (χ4v) is 2.04. The molecule has 0 bridgehead atoms. The number of aromatic nitrogens is 2.